The van der Waals surface area contributed by atoms with E-state index in [1.165, 1.54) is 22.6 Å². The summed E-state index contributed by atoms with van der Waals surface area (Å²) in [4.78, 5) is 0. The smallest absolute Gasteiger partial charge is 0.122 e. The van der Waals surface area contributed by atoms with Gasteiger partial charge in [0.05, 0.1) is 7.11 Å². The number of benzene rings is 1. The lowest BCUT2D eigenvalue weighted by atomic mass is 10.0. The zero-order chi connectivity index (χ0) is 11.4. The van der Waals surface area contributed by atoms with Crippen molar-refractivity contribution in [1.29, 1.82) is 0 Å². The Bertz CT molecular complexity index is 348. The van der Waals surface area contributed by atoms with E-state index in [1.54, 1.807) is 7.11 Å². The molecule has 2 nitrogen and oxygen atoms in total. The summed E-state index contributed by atoms with van der Waals surface area (Å²) in [7, 11) is 1.75. The number of methoxy groups -OCH3 is 1. The fourth-order valence-corrected chi connectivity index (χ4v) is 3.03. The molecule has 1 atom stereocenters. The van der Waals surface area contributed by atoms with Crippen LogP contribution in [0.15, 0.2) is 18.2 Å². The highest BCUT2D eigenvalue weighted by molar-refractivity contribution is 7.99. The van der Waals surface area contributed by atoms with Crippen LogP contribution in [0.5, 0.6) is 5.75 Å². The molecule has 1 unspecified atom stereocenters. The minimum Gasteiger partial charge on any atom is -0.496 e. The maximum atomic E-state index is 5.41. The van der Waals surface area contributed by atoms with Gasteiger partial charge in [-0.15, -0.1) is 0 Å². The van der Waals surface area contributed by atoms with E-state index in [-0.39, 0.29) is 0 Å². The van der Waals surface area contributed by atoms with Crippen molar-refractivity contribution >= 4 is 11.8 Å². The standard InChI is InChI=1S/C13H19NOS/c1-10-3-4-13(15-2)11(7-10)8-12-9-16-6-5-14-12/h3-4,7,12,14H,5-6,8-9H2,1-2H3. The molecule has 1 aliphatic heterocycles. The van der Waals surface area contributed by atoms with Crippen LogP contribution in [0.1, 0.15) is 11.1 Å². The Morgan fingerprint density at radius 1 is 1.50 bits per heavy atom. The summed E-state index contributed by atoms with van der Waals surface area (Å²) in [6, 6.07) is 7.00. The van der Waals surface area contributed by atoms with E-state index >= 15 is 0 Å². The molecule has 1 N–H and O–H groups in total. The lowest BCUT2D eigenvalue weighted by Crippen LogP contribution is -2.38. The molecule has 1 aromatic carbocycles. The molecule has 16 heavy (non-hydrogen) atoms. The third-order valence-corrected chi connectivity index (χ3v) is 4.03. The van der Waals surface area contributed by atoms with Crippen LogP contribution in [0.4, 0.5) is 0 Å². The molecule has 88 valence electrons. The largest absolute Gasteiger partial charge is 0.496 e. The summed E-state index contributed by atoms with van der Waals surface area (Å²) < 4.78 is 5.41. The molecule has 1 fully saturated rings. The third-order valence-electron chi connectivity index (χ3n) is 2.90. The van der Waals surface area contributed by atoms with Gasteiger partial charge < -0.3 is 10.1 Å². The SMILES string of the molecule is COc1ccc(C)cc1CC1CSCCN1. The summed E-state index contributed by atoms with van der Waals surface area (Å²) in [6.45, 7) is 3.26. The minimum absolute atomic E-state index is 0.592. The average Bonchev–Trinajstić information content (AvgIpc) is 2.31. The van der Waals surface area contributed by atoms with Crippen molar-refractivity contribution in [1.82, 2.24) is 5.32 Å². The van der Waals surface area contributed by atoms with E-state index in [9.17, 15) is 0 Å². The van der Waals surface area contributed by atoms with Crippen LogP contribution in [0.2, 0.25) is 0 Å². The second-order valence-corrected chi connectivity index (χ2v) is 5.40. The first-order valence-corrected chi connectivity index (χ1v) is 6.89. The lowest BCUT2D eigenvalue weighted by molar-refractivity contribution is 0.406. The number of aryl methyl sites for hydroxylation is 1. The van der Waals surface area contributed by atoms with Gasteiger partial charge in [0.25, 0.3) is 0 Å². The van der Waals surface area contributed by atoms with E-state index in [2.05, 4.69) is 30.4 Å². The number of hydrogen-bond donors (Lipinski definition) is 1. The highest BCUT2D eigenvalue weighted by atomic mass is 32.2. The first kappa shape index (κ1) is 11.8. The van der Waals surface area contributed by atoms with E-state index in [0.717, 1.165) is 18.7 Å². The number of hydrogen-bond acceptors (Lipinski definition) is 3. The molecular formula is C13H19NOS. The van der Waals surface area contributed by atoms with Crippen molar-refractivity contribution in [3.8, 4) is 5.75 Å². The van der Waals surface area contributed by atoms with E-state index in [0.29, 0.717) is 6.04 Å². The van der Waals surface area contributed by atoms with E-state index < -0.39 is 0 Å². The number of rotatable bonds is 3. The number of thioether (sulfide) groups is 1. The van der Waals surface area contributed by atoms with Gasteiger partial charge in [0, 0.05) is 24.1 Å². The molecule has 0 amide bonds. The topological polar surface area (TPSA) is 21.3 Å². The van der Waals surface area contributed by atoms with Crippen molar-refractivity contribution in [2.24, 2.45) is 0 Å². The van der Waals surface area contributed by atoms with Crippen LogP contribution in [-0.2, 0) is 6.42 Å². The van der Waals surface area contributed by atoms with Crippen LogP contribution in [0, 0.1) is 6.92 Å². The number of ether oxygens (including phenoxy) is 1. The van der Waals surface area contributed by atoms with Crippen molar-refractivity contribution < 1.29 is 4.74 Å². The maximum Gasteiger partial charge on any atom is 0.122 e. The second kappa shape index (κ2) is 5.60. The van der Waals surface area contributed by atoms with E-state index in [1.807, 2.05) is 11.8 Å². The molecule has 1 aromatic rings. The van der Waals surface area contributed by atoms with Crippen molar-refractivity contribution in [2.45, 2.75) is 19.4 Å². The summed E-state index contributed by atoms with van der Waals surface area (Å²) >= 11 is 2.04. The van der Waals surface area contributed by atoms with Gasteiger partial charge in [-0.2, -0.15) is 11.8 Å². The molecule has 0 spiro atoms. The maximum absolute atomic E-state index is 5.41. The zero-order valence-electron chi connectivity index (χ0n) is 9.95. The summed E-state index contributed by atoms with van der Waals surface area (Å²) in [5.41, 5.74) is 2.63. The second-order valence-electron chi connectivity index (χ2n) is 4.25. The van der Waals surface area contributed by atoms with Gasteiger partial charge >= 0.3 is 0 Å². The average molecular weight is 237 g/mol. The van der Waals surface area contributed by atoms with Crippen molar-refractivity contribution in [2.75, 3.05) is 25.2 Å². The van der Waals surface area contributed by atoms with Gasteiger partial charge in [-0.3, -0.25) is 0 Å². The van der Waals surface area contributed by atoms with Gasteiger partial charge in [0.15, 0.2) is 0 Å². The van der Waals surface area contributed by atoms with Crippen LogP contribution in [-0.4, -0.2) is 31.2 Å². The number of nitrogens with one attached hydrogen (secondary N) is 1. The summed E-state index contributed by atoms with van der Waals surface area (Å²) in [6.07, 6.45) is 1.07. The molecule has 0 aromatic heterocycles. The third kappa shape index (κ3) is 2.92. The predicted molar refractivity (Wildman–Crippen MR) is 70.6 cm³/mol. The van der Waals surface area contributed by atoms with Crippen LogP contribution >= 0.6 is 11.8 Å². The lowest BCUT2D eigenvalue weighted by Gasteiger charge is -2.24. The van der Waals surface area contributed by atoms with Crippen LogP contribution < -0.4 is 10.1 Å². The van der Waals surface area contributed by atoms with Crippen molar-refractivity contribution in [3.05, 3.63) is 29.3 Å². The van der Waals surface area contributed by atoms with Gasteiger partial charge in [0.2, 0.25) is 0 Å². The molecule has 0 saturated carbocycles. The van der Waals surface area contributed by atoms with Crippen LogP contribution in [0.25, 0.3) is 0 Å². The molecule has 0 radical (unpaired) electrons. The Labute approximate surface area is 102 Å². The Balaban J connectivity index is 2.09. The predicted octanol–water partition coefficient (Wildman–Crippen LogP) is 2.25. The molecule has 1 heterocycles. The van der Waals surface area contributed by atoms with Gasteiger partial charge in [0.1, 0.15) is 5.75 Å². The molecule has 2 rings (SSSR count). The summed E-state index contributed by atoms with van der Waals surface area (Å²) in [5.74, 6) is 3.46. The molecule has 1 aliphatic rings. The summed E-state index contributed by atoms with van der Waals surface area (Å²) in [5, 5.41) is 3.56. The van der Waals surface area contributed by atoms with Crippen LogP contribution in [0.3, 0.4) is 0 Å². The minimum atomic E-state index is 0.592. The van der Waals surface area contributed by atoms with Gasteiger partial charge in [-0.25, -0.2) is 0 Å². The van der Waals surface area contributed by atoms with E-state index in [4.69, 9.17) is 4.74 Å². The first-order valence-electron chi connectivity index (χ1n) is 5.74. The molecule has 0 aliphatic carbocycles. The van der Waals surface area contributed by atoms with Crippen molar-refractivity contribution in [3.63, 3.8) is 0 Å². The Morgan fingerprint density at radius 3 is 3.06 bits per heavy atom. The fraction of sp³-hybridized carbons (Fsp3) is 0.538. The normalized spacial score (nSPS) is 20.8. The quantitative estimate of drug-likeness (QED) is 0.871. The molecule has 3 heteroatoms. The Hall–Kier alpha value is -0.670. The Morgan fingerprint density at radius 2 is 2.38 bits per heavy atom. The van der Waals surface area contributed by atoms with Gasteiger partial charge in [-0.1, -0.05) is 17.7 Å². The Kier molecular flexibility index (Phi) is 4.13. The van der Waals surface area contributed by atoms with Gasteiger partial charge in [-0.05, 0) is 25.0 Å². The highest BCUT2D eigenvalue weighted by Crippen LogP contribution is 2.22. The first-order chi connectivity index (χ1) is 7.79. The zero-order valence-corrected chi connectivity index (χ0v) is 10.8. The molecular weight excluding hydrogens is 218 g/mol. The fourth-order valence-electron chi connectivity index (χ4n) is 2.08. The monoisotopic (exact) mass is 237 g/mol. The molecule has 0 bridgehead atoms. The highest BCUT2D eigenvalue weighted by Gasteiger charge is 2.15. The molecule has 1 saturated heterocycles.